The molecule has 3 heterocycles. The van der Waals surface area contributed by atoms with Crippen LogP contribution in [0.2, 0.25) is 0 Å². The molecular formula is C18H25N5O2. The SMILES string of the molecule is COCCN1CCN(C(=O)c2ccc(-n3nc(C)cc3C)nc2)CC1. The van der Waals surface area contributed by atoms with Crippen LogP contribution in [0.25, 0.3) is 5.82 Å². The minimum atomic E-state index is 0.0406. The number of carbonyl (C=O) groups is 1. The molecule has 7 nitrogen and oxygen atoms in total. The lowest BCUT2D eigenvalue weighted by Gasteiger charge is -2.34. The Kier molecular flexibility index (Phi) is 5.45. The summed E-state index contributed by atoms with van der Waals surface area (Å²) < 4.78 is 6.90. The van der Waals surface area contributed by atoms with Gasteiger partial charge >= 0.3 is 0 Å². The summed E-state index contributed by atoms with van der Waals surface area (Å²) in [6, 6.07) is 5.68. The maximum atomic E-state index is 12.7. The minimum absolute atomic E-state index is 0.0406. The van der Waals surface area contributed by atoms with E-state index in [1.54, 1.807) is 18.0 Å². The number of rotatable bonds is 5. The summed E-state index contributed by atoms with van der Waals surface area (Å²) in [6.07, 6.45) is 1.64. The zero-order valence-electron chi connectivity index (χ0n) is 15.1. The molecule has 0 aromatic carbocycles. The lowest BCUT2D eigenvalue weighted by Crippen LogP contribution is -2.49. The van der Waals surface area contributed by atoms with Crippen molar-refractivity contribution in [2.75, 3.05) is 46.4 Å². The maximum absolute atomic E-state index is 12.7. The van der Waals surface area contributed by atoms with E-state index in [0.29, 0.717) is 5.56 Å². The Hall–Kier alpha value is -2.25. The highest BCUT2D eigenvalue weighted by molar-refractivity contribution is 5.94. The summed E-state index contributed by atoms with van der Waals surface area (Å²) in [4.78, 5) is 21.3. The highest BCUT2D eigenvalue weighted by Gasteiger charge is 2.22. The molecule has 0 N–H and O–H groups in total. The molecule has 0 aliphatic carbocycles. The van der Waals surface area contributed by atoms with E-state index in [-0.39, 0.29) is 5.91 Å². The lowest BCUT2D eigenvalue weighted by molar-refractivity contribution is 0.0594. The summed E-state index contributed by atoms with van der Waals surface area (Å²) >= 11 is 0. The number of piperazine rings is 1. The van der Waals surface area contributed by atoms with Crippen LogP contribution in [0.4, 0.5) is 0 Å². The first-order chi connectivity index (χ1) is 12.1. The summed E-state index contributed by atoms with van der Waals surface area (Å²) in [5, 5.41) is 4.42. The Morgan fingerprint density at radius 1 is 1.20 bits per heavy atom. The van der Waals surface area contributed by atoms with Crippen LogP contribution >= 0.6 is 0 Å². The summed E-state index contributed by atoms with van der Waals surface area (Å²) in [7, 11) is 1.71. The average molecular weight is 343 g/mol. The summed E-state index contributed by atoms with van der Waals surface area (Å²) in [6.45, 7) is 8.82. The largest absolute Gasteiger partial charge is 0.383 e. The van der Waals surface area contributed by atoms with Gasteiger partial charge in [0.05, 0.1) is 17.9 Å². The third kappa shape index (κ3) is 4.05. The number of carbonyl (C=O) groups excluding carboxylic acids is 1. The number of nitrogens with zero attached hydrogens (tertiary/aromatic N) is 5. The second-order valence-electron chi connectivity index (χ2n) is 6.37. The van der Waals surface area contributed by atoms with Crippen LogP contribution in [-0.2, 0) is 4.74 Å². The van der Waals surface area contributed by atoms with Crippen molar-refractivity contribution in [2.45, 2.75) is 13.8 Å². The van der Waals surface area contributed by atoms with E-state index in [1.165, 1.54) is 0 Å². The van der Waals surface area contributed by atoms with Crippen molar-refractivity contribution in [3.8, 4) is 5.82 Å². The number of amides is 1. The first kappa shape index (κ1) is 17.6. The van der Waals surface area contributed by atoms with E-state index >= 15 is 0 Å². The van der Waals surface area contributed by atoms with Gasteiger partial charge in [-0.1, -0.05) is 0 Å². The first-order valence-electron chi connectivity index (χ1n) is 8.59. The molecule has 1 saturated heterocycles. The Morgan fingerprint density at radius 3 is 2.52 bits per heavy atom. The van der Waals surface area contributed by atoms with Gasteiger partial charge in [0.1, 0.15) is 0 Å². The normalized spacial score (nSPS) is 15.6. The molecule has 2 aromatic rings. The minimum Gasteiger partial charge on any atom is -0.383 e. The number of aryl methyl sites for hydroxylation is 2. The Bertz CT molecular complexity index is 718. The number of aromatic nitrogens is 3. The summed E-state index contributed by atoms with van der Waals surface area (Å²) in [5.74, 6) is 0.769. The number of hydrogen-bond donors (Lipinski definition) is 0. The van der Waals surface area contributed by atoms with E-state index < -0.39 is 0 Å². The number of methoxy groups -OCH3 is 1. The maximum Gasteiger partial charge on any atom is 0.255 e. The molecule has 1 aliphatic heterocycles. The standard InChI is InChI=1S/C18H25N5O2/c1-14-12-15(2)23(20-14)17-5-4-16(13-19-17)18(24)22-8-6-21(7-9-22)10-11-25-3/h4-5,12-13H,6-11H2,1-3H3. The Labute approximate surface area is 148 Å². The number of pyridine rings is 1. The fourth-order valence-corrected chi connectivity index (χ4v) is 3.08. The van der Waals surface area contributed by atoms with Crippen LogP contribution in [0.1, 0.15) is 21.7 Å². The van der Waals surface area contributed by atoms with Crippen molar-refractivity contribution >= 4 is 5.91 Å². The highest BCUT2D eigenvalue weighted by Crippen LogP contribution is 2.12. The second-order valence-corrected chi connectivity index (χ2v) is 6.37. The summed E-state index contributed by atoms with van der Waals surface area (Å²) in [5.41, 5.74) is 2.60. The smallest absolute Gasteiger partial charge is 0.255 e. The number of ether oxygens (including phenoxy) is 1. The monoisotopic (exact) mass is 343 g/mol. The fraction of sp³-hybridized carbons (Fsp3) is 0.500. The quantitative estimate of drug-likeness (QED) is 0.819. The van der Waals surface area contributed by atoms with Crippen molar-refractivity contribution in [1.82, 2.24) is 24.6 Å². The molecule has 0 radical (unpaired) electrons. The second kappa shape index (κ2) is 7.76. The van der Waals surface area contributed by atoms with Crippen molar-refractivity contribution < 1.29 is 9.53 Å². The van der Waals surface area contributed by atoms with Gasteiger partial charge in [0.25, 0.3) is 5.91 Å². The third-order valence-electron chi connectivity index (χ3n) is 4.49. The molecule has 0 bridgehead atoms. The predicted octanol–water partition coefficient (Wildman–Crippen LogP) is 1.29. The van der Waals surface area contributed by atoms with Gasteiger partial charge in [0, 0.05) is 51.7 Å². The predicted molar refractivity (Wildman–Crippen MR) is 95.1 cm³/mol. The van der Waals surface area contributed by atoms with Crippen LogP contribution in [0.5, 0.6) is 0 Å². The van der Waals surface area contributed by atoms with Crippen LogP contribution in [0, 0.1) is 13.8 Å². The van der Waals surface area contributed by atoms with Gasteiger partial charge in [0.15, 0.2) is 5.82 Å². The van der Waals surface area contributed by atoms with Gasteiger partial charge in [-0.25, -0.2) is 9.67 Å². The topological polar surface area (TPSA) is 63.5 Å². The highest BCUT2D eigenvalue weighted by atomic mass is 16.5. The molecule has 1 amide bonds. The van der Waals surface area contributed by atoms with Crippen LogP contribution in [-0.4, -0.2) is 76.9 Å². The van der Waals surface area contributed by atoms with Crippen molar-refractivity contribution in [3.63, 3.8) is 0 Å². The zero-order valence-corrected chi connectivity index (χ0v) is 15.1. The van der Waals surface area contributed by atoms with Crippen LogP contribution in [0.3, 0.4) is 0 Å². The van der Waals surface area contributed by atoms with E-state index in [9.17, 15) is 4.79 Å². The molecule has 1 aliphatic rings. The van der Waals surface area contributed by atoms with Crippen LogP contribution < -0.4 is 0 Å². The third-order valence-corrected chi connectivity index (χ3v) is 4.49. The van der Waals surface area contributed by atoms with Crippen molar-refractivity contribution in [2.24, 2.45) is 0 Å². The lowest BCUT2D eigenvalue weighted by atomic mass is 10.2. The molecule has 3 rings (SSSR count). The molecule has 1 fully saturated rings. The van der Waals surface area contributed by atoms with E-state index in [0.717, 1.165) is 56.5 Å². The fourth-order valence-electron chi connectivity index (χ4n) is 3.08. The molecule has 2 aromatic heterocycles. The van der Waals surface area contributed by atoms with Gasteiger partial charge in [-0.2, -0.15) is 5.10 Å². The van der Waals surface area contributed by atoms with E-state index in [2.05, 4.69) is 15.0 Å². The van der Waals surface area contributed by atoms with Gasteiger partial charge in [-0.3, -0.25) is 9.69 Å². The average Bonchev–Trinajstić information content (AvgIpc) is 2.98. The molecule has 0 unspecified atom stereocenters. The van der Waals surface area contributed by atoms with Gasteiger partial charge < -0.3 is 9.64 Å². The van der Waals surface area contributed by atoms with Crippen LogP contribution in [0.15, 0.2) is 24.4 Å². The first-order valence-corrected chi connectivity index (χ1v) is 8.59. The molecular weight excluding hydrogens is 318 g/mol. The van der Waals surface area contributed by atoms with Crippen molar-refractivity contribution in [3.05, 3.63) is 41.3 Å². The molecule has 0 atom stereocenters. The molecule has 0 saturated carbocycles. The molecule has 25 heavy (non-hydrogen) atoms. The Balaban J connectivity index is 1.63. The van der Waals surface area contributed by atoms with Gasteiger partial charge in [0.2, 0.25) is 0 Å². The van der Waals surface area contributed by atoms with Crippen molar-refractivity contribution in [1.29, 1.82) is 0 Å². The molecule has 0 spiro atoms. The molecule has 7 heteroatoms. The zero-order chi connectivity index (χ0) is 17.8. The van der Waals surface area contributed by atoms with E-state index in [1.807, 2.05) is 36.9 Å². The molecule has 134 valence electrons. The Morgan fingerprint density at radius 2 is 1.96 bits per heavy atom. The van der Waals surface area contributed by atoms with Gasteiger partial charge in [-0.15, -0.1) is 0 Å². The number of hydrogen-bond acceptors (Lipinski definition) is 5. The van der Waals surface area contributed by atoms with Gasteiger partial charge in [-0.05, 0) is 32.0 Å². The van der Waals surface area contributed by atoms with E-state index in [4.69, 9.17) is 4.74 Å².